The second-order valence-electron chi connectivity index (χ2n) is 5.32. The fourth-order valence-electron chi connectivity index (χ4n) is 2.90. The number of carbonyl (C=O) groups is 1. The lowest BCUT2D eigenvalue weighted by molar-refractivity contribution is -0.151. The van der Waals surface area contributed by atoms with Crippen molar-refractivity contribution in [2.75, 3.05) is 5.73 Å². The number of anilines is 1. The highest BCUT2D eigenvalue weighted by atomic mass is 16.5. The third-order valence-corrected chi connectivity index (χ3v) is 3.95. The van der Waals surface area contributed by atoms with Crippen molar-refractivity contribution in [2.24, 2.45) is 0 Å². The molecule has 1 aliphatic rings. The Hall–Kier alpha value is -2.94. The monoisotopic (exact) mass is 314 g/mol. The largest absolute Gasteiger partial charge is 0.479 e. The molecule has 4 heterocycles. The van der Waals surface area contributed by atoms with E-state index in [-0.39, 0.29) is 0 Å². The number of nitrogens with zero attached hydrogens (tertiary/aromatic N) is 5. The molecule has 3 aromatic heterocycles. The second kappa shape index (κ2) is 5.06. The van der Waals surface area contributed by atoms with Crippen LogP contribution < -0.4 is 5.73 Å². The van der Waals surface area contributed by atoms with Gasteiger partial charge >= 0.3 is 5.97 Å². The molecule has 9 heteroatoms. The molecule has 1 fully saturated rings. The summed E-state index contributed by atoms with van der Waals surface area (Å²) in [6.45, 7) is 0. The molecule has 0 bridgehead atoms. The summed E-state index contributed by atoms with van der Waals surface area (Å²) in [4.78, 5) is 19.4. The summed E-state index contributed by atoms with van der Waals surface area (Å²) in [6.07, 6.45) is 6.49. The van der Waals surface area contributed by atoms with Gasteiger partial charge in [-0.1, -0.05) is 0 Å². The van der Waals surface area contributed by atoms with Crippen molar-refractivity contribution in [3.8, 4) is 5.69 Å². The van der Waals surface area contributed by atoms with Gasteiger partial charge in [0.25, 0.3) is 0 Å². The SMILES string of the molecule is Nc1ncnc2c1c(-n1cccn1)cn2[C@H]1CC[C@@H](C(=O)O)O1. The van der Waals surface area contributed by atoms with Crippen LogP contribution in [-0.2, 0) is 9.53 Å². The van der Waals surface area contributed by atoms with Crippen molar-refractivity contribution >= 4 is 22.8 Å². The molecule has 118 valence electrons. The molecule has 4 rings (SSSR count). The summed E-state index contributed by atoms with van der Waals surface area (Å²) in [6, 6.07) is 1.80. The first-order valence-corrected chi connectivity index (χ1v) is 7.14. The maximum Gasteiger partial charge on any atom is 0.332 e. The average Bonchev–Trinajstić information content (AvgIpc) is 3.26. The van der Waals surface area contributed by atoms with E-state index >= 15 is 0 Å². The minimum Gasteiger partial charge on any atom is -0.479 e. The first-order valence-electron chi connectivity index (χ1n) is 7.14. The molecule has 9 nitrogen and oxygen atoms in total. The number of fused-ring (bicyclic) bond motifs is 1. The van der Waals surface area contributed by atoms with E-state index in [2.05, 4.69) is 15.1 Å². The van der Waals surface area contributed by atoms with E-state index in [1.165, 1.54) is 6.33 Å². The average molecular weight is 314 g/mol. The van der Waals surface area contributed by atoms with E-state index in [4.69, 9.17) is 15.6 Å². The first kappa shape index (κ1) is 13.7. The number of carboxylic acids is 1. The molecule has 0 spiro atoms. The molecule has 1 saturated heterocycles. The molecule has 2 atom stereocenters. The number of hydrogen-bond donors (Lipinski definition) is 2. The van der Waals surface area contributed by atoms with Crippen LogP contribution in [0.3, 0.4) is 0 Å². The normalized spacial score (nSPS) is 21.0. The van der Waals surface area contributed by atoms with Crippen LogP contribution >= 0.6 is 0 Å². The van der Waals surface area contributed by atoms with Gasteiger partial charge in [0.2, 0.25) is 0 Å². The Morgan fingerprint density at radius 2 is 2.26 bits per heavy atom. The standard InChI is InChI=1S/C14H14N6O3/c15-12-11-8(20-5-1-4-18-20)6-19(13(11)17-7-16-12)10-3-2-9(23-10)14(21)22/h1,4-7,9-10H,2-3H2,(H,21,22)(H2,15,16,17)/t9-,10+/m0/s1. The molecular weight excluding hydrogens is 300 g/mol. The highest BCUT2D eigenvalue weighted by Crippen LogP contribution is 2.35. The van der Waals surface area contributed by atoms with Gasteiger partial charge in [0.05, 0.1) is 11.1 Å². The van der Waals surface area contributed by atoms with E-state index in [9.17, 15) is 4.79 Å². The van der Waals surface area contributed by atoms with Crippen molar-refractivity contribution in [3.63, 3.8) is 0 Å². The Balaban J connectivity index is 1.85. The zero-order chi connectivity index (χ0) is 16.0. The summed E-state index contributed by atoms with van der Waals surface area (Å²) >= 11 is 0. The Morgan fingerprint density at radius 1 is 1.39 bits per heavy atom. The number of nitrogens with two attached hydrogens (primary N) is 1. The zero-order valence-electron chi connectivity index (χ0n) is 12.0. The predicted molar refractivity (Wildman–Crippen MR) is 79.8 cm³/mol. The van der Waals surface area contributed by atoms with E-state index in [1.54, 1.807) is 27.7 Å². The number of hydrogen-bond acceptors (Lipinski definition) is 6. The van der Waals surface area contributed by atoms with Crippen LogP contribution in [0.15, 0.2) is 31.0 Å². The van der Waals surface area contributed by atoms with Gasteiger partial charge in [0.15, 0.2) is 6.10 Å². The van der Waals surface area contributed by atoms with Crippen molar-refractivity contribution in [3.05, 3.63) is 31.0 Å². The summed E-state index contributed by atoms with van der Waals surface area (Å²) < 4.78 is 9.09. The van der Waals surface area contributed by atoms with Crippen molar-refractivity contribution in [2.45, 2.75) is 25.2 Å². The Morgan fingerprint density at radius 3 is 2.96 bits per heavy atom. The molecule has 3 aromatic rings. The third-order valence-electron chi connectivity index (χ3n) is 3.95. The van der Waals surface area contributed by atoms with E-state index in [0.29, 0.717) is 29.7 Å². The van der Waals surface area contributed by atoms with Crippen LogP contribution in [0.25, 0.3) is 16.7 Å². The summed E-state index contributed by atoms with van der Waals surface area (Å²) in [5, 5.41) is 14.0. The Kier molecular flexibility index (Phi) is 3.01. The van der Waals surface area contributed by atoms with Crippen LogP contribution in [-0.4, -0.2) is 41.5 Å². The molecule has 23 heavy (non-hydrogen) atoms. The van der Waals surface area contributed by atoms with Gasteiger partial charge in [0, 0.05) is 18.6 Å². The number of rotatable bonds is 3. The molecule has 0 unspecified atom stereocenters. The fraction of sp³-hybridized carbons (Fsp3) is 0.286. The van der Waals surface area contributed by atoms with E-state index < -0.39 is 18.3 Å². The lowest BCUT2D eigenvalue weighted by atomic mass is 10.2. The zero-order valence-corrected chi connectivity index (χ0v) is 12.0. The van der Waals surface area contributed by atoms with Gasteiger partial charge in [-0.2, -0.15) is 5.10 Å². The molecule has 0 aromatic carbocycles. The molecule has 0 aliphatic carbocycles. The minimum atomic E-state index is -0.953. The number of carboxylic acid groups (broad SMARTS) is 1. The Labute approximate surface area is 130 Å². The molecule has 0 amide bonds. The predicted octanol–water partition coefficient (Wildman–Crippen LogP) is 0.961. The molecule has 1 aliphatic heterocycles. The maximum atomic E-state index is 11.1. The number of nitrogen functional groups attached to an aromatic ring is 1. The fourth-order valence-corrected chi connectivity index (χ4v) is 2.90. The van der Waals surface area contributed by atoms with Gasteiger partial charge in [-0.3, -0.25) is 0 Å². The van der Waals surface area contributed by atoms with Gasteiger partial charge in [-0.05, 0) is 18.9 Å². The summed E-state index contributed by atoms with van der Waals surface area (Å²) in [5.41, 5.74) is 7.33. The van der Waals surface area contributed by atoms with Crippen LogP contribution in [0.2, 0.25) is 0 Å². The molecule has 3 N–H and O–H groups in total. The molecule has 0 radical (unpaired) electrons. The highest BCUT2D eigenvalue weighted by molar-refractivity contribution is 5.94. The molecular formula is C14H14N6O3. The lowest BCUT2D eigenvalue weighted by Gasteiger charge is -2.13. The van der Waals surface area contributed by atoms with Gasteiger partial charge in [-0.25, -0.2) is 19.4 Å². The van der Waals surface area contributed by atoms with Crippen molar-refractivity contribution in [1.82, 2.24) is 24.3 Å². The van der Waals surface area contributed by atoms with Crippen molar-refractivity contribution < 1.29 is 14.6 Å². The highest BCUT2D eigenvalue weighted by Gasteiger charge is 2.33. The van der Waals surface area contributed by atoms with E-state index in [0.717, 1.165) is 5.69 Å². The van der Waals surface area contributed by atoms with Gasteiger partial charge in [-0.15, -0.1) is 0 Å². The third kappa shape index (κ3) is 2.13. The van der Waals surface area contributed by atoms with Crippen LogP contribution in [0.1, 0.15) is 19.1 Å². The molecule has 0 saturated carbocycles. The van der Waals surface area contributed by atoms with Gasteiger partial charge in [0.1, 0.15) is 24.0 Å². The topological polar surface area (TPSA) is 121 Å². The summed E-state index contributed by atoms with van der Waals surface area (Å²) in [5.74, 6) is -0.613. The number of ether oxygens (including phenoxy) is 1. The van der Waals surface area contributed by atoms with E-state index in [1.807, 2.05) is 6.20 Å². The quantitative estimate of drug-likeness (QED) is 0.738. The number of aromatic nitrogens is 5. The Bertz CT molecular complexity index is 872. The van der Waals surface area contributed by atoms with Crippen molar-refractivity contribution in [1.29, 1.82) is 0 Å². The van der Waals surface area contributed by atoms with Crippen LogP contribution in [0, 0.1) is 0 Å². The van der Waals surface area contributed by atoms with Crippen LogP contribution in [0.5, 0.6) is 0 Å². The van der Waals surface area contributed by atoms with Crippen LogP contribution in [0.4, 0.5) is 5.82 Å². The first-order chi connectivity index (χ1) is 11.1. The maximum absolute atomic E-state index is 11.1. The second-order valence-corrected chi connectivity index (χ2v) is 5.32. The van der Waals surface area contributed by atoms with Gasteiger partial charge < -0.3 is 20.1 Å². The smallest absolute Gasteiger partial charge is 0.332 e. The minimum absolute atomic E-state index is 0.340. The number of aliphatic carboxylic acids is 1. The summed E-state index contributed by atoms with van der Waals surface area (Å²) in [7, 11) is 0. The lowest BCUT2D eigenvalue weighted by Crippen LogP contribution is -2.20.